The van der Waals surface area contributed by atoms with Crippen molar-refractivity contribution in [2.45, 2.75) is 13.8 Å². The molecule has 0 N–H and O–H groups in total. The summed E-state index contributed by atoms with van der Waals surface area (Å²) in [5.74, 6) is 1.26. The molecule has 9 nitrogen and oxygen atoms in total. The zero-order chi connectivity index (χ0) is 24.9. The largest absolute Gasteiger partial charge is 0.490 e. The van der Waals surface area contributed by atoms with E-state index in [9.17, 15) is 9.59 Å². The molecule has 2 heterocycles. The van der Waals surface area contributed by atoms with Gasteiger partial charge < -0.3 is 19.1 Å². The zero-order valence-corrected chi connectivity index (χ0v) is 22.5. The highest BCUT2D eigenvalue weighted by atomic mass is 79.9. The summed E-state index contributed by atoms with van der Waals surface area (Å²) in [6.07, 6.45) is 1.55. The molecule has 1 saturated heterocycles. The molecule has 1 fully saturated rings. The molecule has 0 spiro atoms. The van der Waals surface area contributed by atoms with Gasteiger partial charge in [-0.05, 0) is 60.1 Å². The maximum Gasteiger partial charge on any atom is 0.282 e. The molecule has 1 aliphatic rings. The maximum atomic E-state index is 13.0. The van der Waals surface area contributed by atoms with Crippen LogP contribution in [0.25, 0.3) is 10.9 Å². The average molecular weight is 608 g/mol. The summed E-state index contributed by atoms with van der Waals surface area (Å²) in [6, 6.07) is 8.83. The van der Waals surface area contributed by atoms with Crippen LogP contribution in [0.15, 0.2) is 49.2 Å². The normalized spacial score (nSPS) is 14.0. The minimum atomic E-state index is -0.271. The van der Waals surface area contributed by atoms with Crippen LogP contribution in [-0.2, 0) is 9.53 Å². The van der Waals surface area contributed by atoms with Gasteiger partial charge in [-0.25, -0.2) is 4.98 Å². The van der Waals surface area contributed by atoms with Crippen molar-refractivity contribution in [2.75, 3.05) is 39.5 Å². The average Bonchev–Trinajstić information content (AvgIpc) is 2.85. The molecule has 0 radical (unpaired) electrons. The highest BCUT2D eigenvalue weighted by Crippen LogP contribution is 2.33. The number of rotatable bonds is 7. The molecule has 184 valence electrons. The first-order valence-corrected chi connectivity index (χ1v) is 12.6. The molecule has 0 unspecified atom stereocenters. The number of halogens is 2. The Labute approximate surface area is 218 Å². The van der Waals surface area contributed by atoms with Gasteiger partial charge in [0.1, 0.15) is 5.82 Å². The lowest BCUT2D eigenvalue weighted by Gasteiger charge is -2.26. The highest BCUT2D eigenvalue weighted by Gasteiger charge is 2.19. The molecule has 1 aromatic heterocycles. The Balaban J connectivity index is 1.59. The fourth-order valence-electron chi connectivity index (χ4n) is 3.59. The molecule has 0 saturated carbocycles. The fraction of sp³-hybridized carbons (Fsp3) is 0.333. The molecule has 3 aromatic rings. The molecule has 0 aliphatic carbocycles. The number of morpholine rings is 1. The monoisotopic (exact) mass is 606 g/mol. The lowest BCUT2D eigenvalue weighted by molar-refractivity contribution is -0.137. The standard InChI is InChI=1S/C24H24Br2N4O5/c1-3-34-21-10-16(19(26)12-22(21)35-14-23(31)29-6-8-33-9-7-29)13-27-30-15(2)28-20-5-4-17(25)11-18(20)24(30)32/h4-5,10-13H,3,6-9,14H2,1-2H3. The van der Waals surface area contributed by atoms with E-state index in [2.05, 4.69) is 41.9 Å². The van der Waals surface area contributed by atoms with Crippen molar-refractivity contribution in [3.63, 3.8) is 0 Å². The lowest BCUT2D eigenvalue weighted by Crippen LogP contribution is -2.43. The van der Waals surface area contributed by atoms with E-state index in [4.69, 9.17) is 14.2 Å². The summed E-state index contributed by atoms with van der Waals surface area (Å²) in [7, 11) is 0. The third-order valence-electron chi connectivity index (χ3n) is 5.36. The molecule has 35 heavy (non-hydrogen) atoms. The van der Waals surface area contributed by atoms with Crippen molar-refractivity contribution in [1.29, 1.82) is 0 Å². The summed E-state index contributed by atoms with van der Waals surface area (Å²) < 4.78 is 19.5. The molecule has 1 amide bonds. The first kappa shape index (κ1) is 25.3. The van der Waals surface area contributed by atoms with Gasteiger partial charge in [0.2, 0.25) is 0 Å². The Bertz CT molecular complexity index is 1340. The molecular formula is C24H24Br2N4O5. The number of hydrogen-bond acceptors (Lipinski definition) is 7. The number of ether oxygens (including phenoxy) is 3. The van der Waals surface area contributed by atoms with Crippen LogP contribution in [0.3, 0.4) is 0 Å². The second-order valence-corrected chi connectivity index (χ2v) is 9.49. The Morgan fingerprint density at radius 3 is 2.66 bits per heavy atom. The number of aryl methyl sites for hydroxylation is 1. The van der Waals surface area contributed by atoms with Crippen LogP contribution < -0.4 is 15.0 Å². The van der Waals surface area contributed by atoms with Gasteiger partial charge in [-0.15, -0.1) is 0 Å². The third kappa shape index (κ3) is 5.91. The Kier molecular flexibility index (Phi) is 8.19. The smallest absolute Gasteiger partial charge is 0.282 e. The number of carbonyl (C=O) groups is 1. The first-order chi connectivity index (χ1) is 16.9. The van der Waals surface area contributed by atoms with E-state index < -0.39 is 0 Å². The Hall–Kier alpha value is -2.76. The predicted octanol–water partition coefficient (Wildman–Crippen LogP) is 3.75. The number of hydrogen-bond donors (Lipinski definition) is 0. The molecule has 4 rings (SSSR count). The van der Waals surface area contributed by atoms with Crippen LogP contribution in [0.1, 0.15) is 18.3 Å². The summed E-state index contributed by atoms with van der Waals surface area (Å²) in [5, 5.41) is 4.85. The number of aromatic nitrogens is 2. The van der Waals surface area contributed by atoms with Gasteiger partial charge in [-0.2, -0.15) is 9.78 Å². The van der Waals surface area contributed by atoms with Gasteiger partial charge in [-0.3, -0.25) is 9.59 Å². The molecule has 0 bridgehead atoms. The number of nitrogens with zero attached hydrogens (tertiary/aromatic N) is 4. The van der Waals surface area contributed by atoms with E-state index in [0.717, 1.165) is 4.47 Å². The van der Waals surface area contributed by atoms with Gasteiger partial charge in [0, 0.05) is 27.6 Å². The van der Waals surface area contributed by atoms with Gasteiger partial charge >= 0.3 is 0 Å². The quantitative estimate of drug-likeness (QED) is 0.380. The minimum absolute atomic E-state index is 0.104. The van der Waals surface area contributed by atoms with E-state index in [-0.39, 0.29) is 18.1 Å². The highest BCUT2D eigenvalue weighted by molar-refractivity contribution is 9.10. The lowest BCUT2D eigenvalue weighted by atomic mass is 10.2. The van der Waals surface area contributed by atoms with Crippen LogP contribution >= 0.6 is 31.9 Å². The van der Waals surface area contributed by atoms with Crippen molar-refractivity contribution in [3.05, 3.63) is 61.0 Å². The third-order valence-corrected chi connectivity index (χ3v) is 6.54. The van der Waals surface area contributed by atoms with E-state index >= 15 is 0 Å². The Morgan fingerprint density at radius 2 is 1.91 bits per heavy atom. The first-order valence-electron chi connectivity index (χ1n) is 11.0. The number of fused-ring (bicyclic) bond motifs is 1. The summed E-state index contributed by atoms with van der Waals surface area (Å²) in [4.78, 5) is 31.7. The van der Waals surface area contributed by atoms with Crippen LogP contribution in [-0.4, -0.2) is 66.2 Å². The van der Waals surface area contributed by atoms with E-state index in [1.165, 1.54) is 4.68 Å². The van der Waals surface area contributed by atoms with Crippen molar-refractivity contribution in [2.24, 2.45) is 5.10 Å². The summed E-state index contributed by atoms with van der Waals surface area (Å²) in [6.45, 7) is 6.06. The van der Waals surface area contributed by atoms with Crippen LogP contribution in [0.5, 0.6) is 11.5 Å². The molecular weight excluding hydrogens is 584 g/mol. The topological polar surface area (TPSA) is 95.2 Å². The fourth-order valence-corrected chi connectivity index (χ4v) is 4.38. The summed E-state index contributed by atoms with van der Waals surface area (Å²) >= 11 is 6.92. The second-order valence-electron chi connectivity index (χ2n) is 7.72. The molecule has 2 aromatic carbocycles. The Morgan fingerprint density at radius 1 is 1.17 bits per heavy atom. The minimum Gasteiger partial charge on any atom is -0.490 e. The number of carbonyl (C=O) groups excluding carboxylic acids is 1. The van der Waals surface area contributed by atoms with Crippen LogP contribution in [0.2, 0.25) is 0 Å². The molecule has 1 aliphatic heterocycles. The SMILES string of the molecule is CCOc1cc(C=Nn2c(C)nc3ccc(Br)cc3c2=O)c(Br)cc1OCC(=O)N1CCOCC1. The van der Waals surface area contributed by atoms with Crippen molar-refractivity contribution in [1.82, 2.24) is 14.6 Å². The molecule has 11 heteroatoms. The predicted molar refractivity (Wildman–Crippen MR) is 140 cm³/mol. The van der Waals surface area contributed by atoms with Crippen LogP contribution in [0.4, 0.5) is 0 Å². The van der Waals surface area contributed by atoms with Gasteiger partial charge in [0.15, 0.2) is 18.1 Å². The number of benzene rings is 2. The van der Waals surface area contributed by atoms with Crippen LogP contribution in [0, 0.1) is 6.92 Å². The summed E-state index contributed by atoms with van der Waals surface area (Å²) in [5.41, 5.74) is 1.00. The van der Waals surface area contributed by atoms with Gasteiger partial charge in [-0.1, -0.05) is 15.9 Å². The van der Waals surface area contributed by atoms with Gasteiger partial charge in [0.25, 0.3) is 11.5 Å². The maximum absolute atomic E-state index is 13.0. The van der Waals surface area contributed by atoms with E-state index in [0.29, 0.717) is 71.2 Å². The number of amides is 1. The van der Waals surface area contributed by atoms with Crippen molar-refractivity contribution < 1.29 is 19.0 Å². The van der Waals surface area contributed by atoms with E-state index in [1.54, 1.807) is 42.3 Å². The van der Waals surface area contributed by atoms with Crippen molar-refractivity contribution >= 4 is 54.9 Å². The second kappa shape index (κ2) is 11.3. The zero-order valence-electron chi connectivity index (χ0n) is 19.3. The van der Waals surface area contributed by atoms with Crippen molar-refractivity contribution in [3.8, 4) is 11.5 Å². The van der Waals surface area contributed by atoms with Gasteiger partial charge in [0.05, 0.1) is 36.9 Å². The van der Waals surface area contributed by atoms with E-state index in [1.807, 2.05) is 13.0 Å². The molecule has 0 atom stereocenters.